The standard InChI is InChI=1S/C26H38N2O2/c1-2-22(3-1)28-16-12-26(13-17-28)11-8-21-18-23(6-7-25(21)30-26)27-14-9-24(10-15-27)29-19-20-4-5-20/h6-7,18,20,22,24H,1-5,8-17,19H2. The molecule has 0 radical (unpaired) electrons. The summed E-state index contributed by atoms with van der Waals surface area (Å²) in [6.45, 7) is 5.71. The fourth-order valence-corrected chi connectivity index (χ4v) is 5.94. The van der Waals surface area contributed by atoms with E-state index in [4.69, 9.17) is 9.47 Å². The van der Waals surface area contributed by atoms with Crippen molar-refractivity contribution in [1.82, 2.24) is 4.90 Å². The number of ether oxygens (including phenoxy) is 2. The monoisotopic (exact) mass is 410 g/mol. The van der Waals surface area contributed by atoms with Crippen LogP contribution in [0, 0.1) is 5.92 Å². The molecule has 1 aromatic rings. The molecule has 1 aromatic carbocycles. The quantitative estimate of drug-likeness (QED) is 0.696. The average molecular weight is 411 g/mol. The highest BCUT2D eigenvalue weighted by Crippen LogP contribution is 2.42. The third kappa shape index (κ3) is 3.98. The van der Waals surface area contributed by atoms with Gasteiger partial charge in [-0.05, 0) is 93.9 Å². The third-order valence-electron chi connectivity index (χ3n) is 8.59. The molecule has 1 spiro atoms. The number of rotatable bonds is 5. The van der Waals surface area contributed by atoms with Crippen molar-refractivity contribution < 1.29 is 9.47 Å². The Labute approximate surface area is 181 Å². The molecule has 5 aliphatic rings. The van der Waals surface area contributed by atoms with Gasteiger partial charge in [-0.1, -0.05) is 6.42 Å². The van der Waals surface area contributed by atoms with Crippen LogP contribution in [0.1, 0.15) is 69.8 Å². The fourth-order valence-electron chi connectivity index (χ4n) is 5.94. The van der Waals surface area contributed by atoms with Gasteiger partial charge in [-0.3, -0.25) is 0 Å². The van der Waals surface area contributed by atoms with Crippen LogP contribution in [0.2, 0.25) is 0 Å². The average Bonchev–Trinajstić information content (AvgIpc) is 3.57. The van der Waals surface area contributed by atoms with E-state index < -0.39 is 0 Å². The molecule has 0 aromatic heterocycles. The van der Waals surface area contributed by atoms with Gasteiger partial charge in [-0.25, -0.2) is 0 Å². The number of hydrogen-bond acceptors (Lipinski definition) is 4. The number of fused-ring (bicyclic) bond motifs is 1. The van der Waals surface area contributed by atoms with E-state index in [1.807, 2.05) is 0 Å². The van der Waals surface area contributed by atoms with E-state index >= 15 is 0 Å². The van der Waals surface area contributed by atoms with Gasteiger partial charge in [0.05, 0.1) is 6.10 Å². The van der Waals surface area contributed by atoms with Gasteiger partial charge < -0.3 is 19.3 Å². The van der Waals surface area contributed by atoms with E-state index in [1.165, 1.54) is 95.0 Å². The molecule has 0 bridgehead atoms. The lowest BCUT2D eigenvalue weighted by atomic mass is 9.81. The summed E-state index contributed by atoms with van der Waals surface area (Å²) in [5.74, 6) is 2.03. The van der Waals surface area contributed by atoms with Crippen LogP contribution >= 0.6 is 0 Å². The summed E-state index contributed by atoms with van der Waals surface area (Å²) in [6.07, 6.45) is 14.6. The van der Waals surface area contributed by atoms with Crippen LogP contribution in [-0.4, -0.2) is 55.4 Å². The number of likely N-dealkylation sites (tertiary alicyclic amines) is 1. The van der Waals surface area contributed by atoms with Crippen LogP contribution in [0.5, 0.6) is 5.75 Å². The zero-order valence-corrected chi connectivity index (χ0v) is 18.5. The number of anilines is 1. The molecule has 2 aliphatic carbocycles. The first-order chi connectivity index (χ1) is 14.8. The Kier molecular flexibility index (Phi) is 5.19. The van der Waals surface area contributed by atoms with Crippen molar-refractivity contribution >= 4 is 5.69 Å². The summed E-state index contributed by atoms with van der Waals surface area (Å²) in [7, 11) is 0. The minimum Gasteiger partial charge on any atom is -0.487 e. The van der Waals surface area contributed by atoms with E-state index in [0.29, 0.717) is 6.10 Å². The molecule has 0 unspecified atom stereocenters. The van der Waals surface area contributed by atoms with Gasteiger partial charge in [0.15, 0.2) is 0 Å². The van der Waals surface area contributed by atoms with Crippen LogP contribution in [0.25, 0.3) is 0 Å². The molecule has 3 aliphatic heterocycles. The van der Waals surface area contributed by atoms with Gasteiger partial charge in [0.2, 0.25) is 0 Å². The van der Waals surface area contributed by atoms with Crippen molar-refractivity contribution in [3.05, 3.63) is 23.8 Å². The molecule has 30 heavy (non-hydrogen) atoms. The van der Waals surface area contributed by atoms with E-state index in [0.717, 1.165) is 37.4 Å². The maximum atomic E-state index is 6.69. The second kappa shape index (κ2) is 8.02. The van der Waals surface area contributed by atoms with Crippen molar-refractivity contribution in [3.63, 3.8) is 0 Å². The maximum Gasteiger partial charge on any atom is 0.123 e. The van der Waals surface area contributed by atoms with Crippen LogP contribution in [0.4, 0.5) is 5.69 Å². The fraction of sp³-hybridized carbons (Fsp3) is 0.769. The Hall–Kier alpha value is -1.26. The van der Waals surface area contributed by atoms with Gasteiger partial charge in [-0.15, -0.1) is 0 Å². The Morgan fingerprint density at radius 3 is 2.43 bits per heavy atom. The summed E-state index contributed by atoms with van der Waals surface area (Å²) in [4.78, 5) is 5.29. The highest BCUT2D eigenvalue weighted by Gasteiger charge is 2.41. The number of hydrogen-bond donors (Lipinski definition) is 0. The highest BCUT2D eigenvalue weighted by molar-refractivity contribution is 5.54. The van der Waals surface area contributed by atoms with Gasteiger partial charge in [0.1, 0.15) is 11.4 Å². The Balaban J connectivity index is 1.05. The molecule has 0 N–H and O–H groups in total. The molecule has 4 heteroatoms. The first-order valence-electron chi connectivity index (χ1n) is 12.7. The zero-order valence-electron chi connectivity index (χ0n) is 18.5. The summed E-state index contributed by atoms with van der Waals surface area (Å²) in [5.41, 5.74) is 2.91. The van der Waals surface area contributed by atoms with Crippen LogP contribution < -0.4 is 9.64 Å². The predicted molar refractivity (Wildman–Crippen MR) is 120 cm³/mol. The Morgan fingerprint density at radius 2 is 1.73 bits per heavy atom. The molecule has 3 heterocycles. The molecule has 2 saturated carbocycles. The Bertz CT molecular complexity index is 741. The van der Waals surface area contributed by atoms with Crippen molar-refractivity contribution in [2.45, 2.75) is 88.4 Å². The molecule has 4 nitrogen and oxygen atoms in total. The van der Waals surface area contributed by atoms with Gasteiger partial charge in [0, 0.05) is 44.5 Å². The molecule has 164 valence electrons. The zero-order chi connectivity index (χ0) is 20.0. The van der Waals surface area contributed by atoms with Gasteiger partial charge in [-0.2, -0.15) is 0 Å². The number of nitrogens with zero attached hydrogens (tertiary/aromatic N) is 2. The van der Waals surface area contributed by atoms with Crippen LogP contribution in [-0.2, 0) is 11.2 Å². The number of piperidine rings is 2. The van der Waals surface area contributed by atoms with Crippen molar-refractivity contribution in [2.24, 2.45) is 5.92 Å². The lowest BCUT2D eigenvalue weighted by Crippen LogP contribution is -2.53. The predicted octanol–water partition coefficient (Wildman–Crippen LogP) is 4.79. The molecule has 4 fully saturated rings. The SMILES string of the molecule is c1cc2c(cc1N1CCC(OCC3CC3)CC1)CCC1(CCN(C3CCC3)CC1)O2. The lowest BCUT2D eigenvalue weighted by molar-refractivity contribution is -0.0336. The number of aryl methyl sites for hydroxylation is 1. The van der Waals surface area contributed by atoms with E-state index in [2.05, 4.69) is 28.0 Å². The lowest BCUT2D eigenvalue weighted by Gasteiger charge is -2.48. The molecule has 2 saturated heterocycles. The van der Waals surface area contributed by atoms with Crippen molar-refractivity contribution in [1.29, 1.82) is 0 Å². The first-order valence-corrected chi connectivity index (χ1v) is 12.7. The third-order valence-corrected chi connectivity index (χ3v) is 8.59. The maximum absolute atomic E-state index is 6.69. The summed E-state index contributed by atoms with van der Waals surface area (Å²) in [6, 6.07) is 7.85. The van der Waals surface area contributed by atoms with Gasteiger partial charge >= 0.3 is 0 Å². The summed E-state index contributed by atoms with van der Waals surface area (Å²) >= 11 is 0. The van der Waals surface area contributed by atoms with Crippen LogP contribution in [0.15, 0.2) is 18.2 Å². The van der Waals surface area contributed by atoms with E-state index in [1.54, 1.807) is 0 Å². The minimum absolute atomic E-state index is 0.103. The van der Waals surface area contributed by atoms with Crippen molar-refractivity contribution in [2.75, 3.05) is 37.7 Å². The summed E-state index contributed by atoms with van der Waals surface area (Å²) < 4.78 is 12.8. The first kappa shape index (κ1) is 19.4. The summed E-state index contributed by atoms with van der Waals surface area (Å²) in [5, 5.41) is 0. The second-order valence-electron chi connectivity index (χ2n) is 10.7. The van der Waals surface area contributed by atoms with E-state index in [-0.39, 0.29) is 5.60 Å². The molecular formula is C26H38N2O2. The molecule has 0 amide bonds. The van der Waals surface area contributed by atoms with E-state index in [9.17, 15) is 0 Å². The highest BCUT2D eigenvalue weighted by atomic mass is 16.5. The second-order valence-corrected chi connectivity index (χ2v) is 10.7. The molecule has 0 atom stereocenters. The molecule has 6 rings (SSSR count). The largest absolute Gasteiger partial charge is 0.487 e. The topological polar surface area (TPSA) is 24.9 Å². The number of benzene rings is 1. The molecular weight excluding hydrogens is 372 g/mol. The smallest absolute Gasteiger partial charge is 0.123 e. The normalized spacial score (nSPS) is 27.5. The minimum atomic E-state index is 0.103. The Morgan fingerprint density at radius 1 is 0.933 bits per heavy atom. The van der Waals surface area contributed by atoms with Crippen LogP contribution in [0.3, 0.4) is 0 Å². The van der Waals surface area contributed by atoms with Crippen molar-refractivity contribution in [3.8, 4) is 5.75 Å². The van der Waals surface area contributed by atoms with Gasteiger partial charge in [0.25, 0.3) is 0 Å².